The fourth-order valence-electron chi connectivity index (χ4n) is 5.49. The molecule has 2 aromatic carbocycles. The number of anilines is 2. The van der Waals surface area contributed by atoms with Gasteiger partial charge in [-0.3, -0.25) is 14.4 Å². The number of furan rings is 1. The lowest BCUT2D eigenvalue weighted by atomic mass is 9.80. The number of Topliss-reactive ketones (excluding diaryl/α,β-unsaturated/α-hetero) is 1. The first-order valence-corrected chi connectivity index (χ1v) is 15.1. The van der Waals surface area contributed by atoms with Crippen molar-refractivity contribution in [1.82, 2.24) is 5.32 Å². The van der Waals surface area contributed by atoms with E-state index in [1.807, 2.05) is 18.2 Å². The van der Waals surface area contributed by atoms with Crippen LogP contribution in [0.2, 0.25) is 0 Å². The normalized spacial score (nSPS) is 17.7. The van der Waals surface area contributed by atoms with Crippen LogP contribution in [0, 0.1) is 0 Å². The monoisotopic (exact) mass is 551 g/mol. The second kappa shape index (κ2) is 10.8. The number of para-hydroxylation sites is 1. The maximum atomic E-state index is 13.7. The summed E-state index contributed by atoms with van der Waals surface area (Å²) in [4.78, 5) is 40.9. The smallest absolute Gasteiger partial charge is 0.287 e. The summed E-state index contributed by atoms with van der Waals surface area (Å²) in [7, 11) is -3.65. The lowest BCUT2D eigenvalue weighted by Gasteiger charge is -2.36. The Balaban J connectivity index is 1.42. The summed E-state index contributed by atoms with van der Waals surface area (Å²) in [6.45, 7) is 2.31. The molecule has 3 aromatic rings. The molecule has 0 atom stereocenters. The molecule has 9 nitrogen and oxygen atoms in total. The Hall–Kier alpha value is -3.66. The SMILES string of the molecule is CCS(=O)(=O)c1cc(NC(=O)C2(NC(=O)c3cc4ccccc4o3)CCCCC2)ccc1N1CCCC(=O)C1. The van der Waals surface area contributed by atoms with E-state index in [4.69, 9.17) is 4.42 Å². The summed E-state index contributed by atoms with van der Waals surface area (Å²) in [5.74, 6) is -0.782. The van der Waals surface area contributed by atoms with Gasteiger partial charge in [-0.05, 0) is 49.6 Å². The number of hydrogen-bond acceptors (Lipinski definition) is 7. The van der Waals surface area contributed by atoms with E-state index in [9.17, 15) is 22.8 Å². The van der Waals surface area contributed by atoms with Gasteiger partial charge in [0.25, 0.3) is 5.91 Å². The highest BCUT2D eigenvalue weighted by Gasteiger charge is 2.42. The maximum absolute atomic E-state index is 13.7. The Kier molecular flexibility index (Phi) is 7.48. The Morgan fingerprint density at radius 3 is 2.51 bits per heavy atom. The van der Waals surface area contributed by atoms with Crippen molar-refractivity contribution in [1.29, 1.82) is 0 Å². The third kappa shape index (κ3) is 5.56. The average Bonchev–Trinajstić information content (AvgIpc) is 3.38. The van der Waals surface area contributed by atoms with E-state index >= 15 is 0 Å². The summed E-state index contributed by atoms with van der Waals surface area (Å²) in [6, 6.07) is 13.7. The number of ketones is 1. The molecular weight excluding hydrogens is 518 g/mol. The van der Waals surface area contributed by atoms with Crippen molar-refractivity contribution in [2.45, 2.75) is 62.3 Å². The minimum atomic E-state index is -3.65. The summed E-state index contributed by atoms with van der Waals surface area (Å²) >= 11 is 0. The molecule has 39 heavy (non-hydrogen) atoms. The van der Waals surface area contributed by atoms with Gasteiger partial charge in [-0.1, -0.05) is 44.4 Å². The number of fused-ring (bicyclic) bond motifs is 1. The van der Waals surface area contributed by atoms with Gasteiger partial charge in [0, 0.05) is 24.0 Å². The van der Waals surface area contributed by atoms with Crippen molar-refractivity contribution in [2.75, 3.05) is 29.1 Å². The van der Waals surface area contributed by atoms with Crippen molar-refractivity contribution < 1.29 is 27.2 Å². The van der Waals surface area contributed by atoms with Crippen LogP contribution < -0.4 is 15.5 Å². The Morgan fingerprint density at radius 2 is 1.79 bits per heavy atom. The van der Waals surface area contributed by atoms with Crippen LogP contribution in [0.15, 0.2) is 57.8 Å². The predicted octanol–water partition coefficient (Wildman–Crippen LogP) is 4.47. The second-order valence-electron chi connectivity index (χ2n) is 10.3. The molecule has 1 aliphatic carbocycles. The van der Waals surface area contributed by atoms with Crippen molar-refractivity contribution in [3.8, 4) is 0 Å². The van der Waals surface area contributed by atoms with Crippen molar-refractivity contribution in [3.63, 3.8) is 0 Å². The van der Waals surface area contributed by atoms with Crippen LogP contribution in [0.1, 0.15) is 62.4 Å². The Morgan fingerprint density at radius 1 is 1.03 bits per heavy atom. The summed E-state index contributed by atoms with van der Waals surface area (Å²) in [5, 5.41) is 6.62. The zero-order valence-corrected chi connectivity index (χ0v) is 22.8. The molecule has 1 saturated carbocycles. The number of nitrogens with one attached hydrogen (secondary N) is 2. The van der Waals surface area contributed by atoms with Gasteiger partial charge >= 0.3 is 0 Å². The van der Waals surface area contributed by atoms with Crippen LogP contribution in [-0.4, -0.2) is 50.4 Å². The summed E-state index contributed by atoms with van der Waals surface area (Å²) < 4.78 is 31.8. The third-order valence-corrected chi connectivity index (χ3v) is 9.43. The number of carbonyl (C=O) groups excluding carboxylic acids is 3. The van der Waals surface area contributed by atoms with Crippen molar-refractivity contribution in [2.24, 2.45) is 0 Å². The minimum absolute atomic E-state index is 0.0675. The standard InChI is InChI=1S/C29H33N3O6S/c1-2-39(36,37)26-18-21(12-13-23(26)32-16-8-10-22(33)19-32)30-28(35)29(14-6-3-7-15-29)31-27(34)25-17-20-9-4-5-11-24(20)38-25/h4-5,9,11-13,17-18H,2-3,6-8,10,14-16,19H2,1H3,(H,30,35)(H,31,34). The van der Waals surface area contributed by atoms with Gasteiger partial charge < -0.3 is 20.0 Å². The van der Waals surface area contributed by atoms with Gasteiger partial charge in [-0.25, -0.2) is 8.42 Å². The zero-order chi connectivity index (χ0) is 27.6. The Bertz CT molecular complexity index is 1490. The molecule has 5 rings (SSSR count). The minimum Gasteiger partial charge on any atom is -0.451 e. The first kappa shape index (κ1) is 26.9. The van der Waals surface area contributed by atoms with Gasteiger partial charge in [0.2, 0.25) is 5.91 Å². The maximum Gasteiger partial charge on any atom is 0.287 e. The van der Waals surface area contributed by atoms with Crippen LogP contribution >= 0.6 is 0 Å². The third-order valence-electron chi connectivity index (χ3n) is 7.67. The van der Waals surface area contributed by atoms with Crippen LogP contribution in [0.25, 0.3) is 11.0 Å². The lowest BCUT2D eigenvalue weighted by Crippen LogP contribution is -2.57. The fourth-order valence-corrected chi connectivity index (χ4v) is 6.62. The molecule has 1 saturated heterocycles. The molecule has 1 aliphatic heterocycles. The number of amides is 2. The number of hydrogen-bond donors (Lipinski definition) is 2. The van der Waals surface area contributed by atoms with E-state index in [2.05, 4.69) is 10.6 Å². The molecule has 1 aromatic heterocycles. The van der Waals surface area contributed by atoms with E-state index in [-0.39, 0.29) is 28.7 Å². The van der Waals surface area contributed by atoms with E-state index in [1.54, 1.807) is 36.1 Å². The number of carbonyl (C=O) groups is 3. The summed E-state index contributed by atoms with van der Waals surface area (Å²) in [5.41, 5.74) is 0.219. The second-order valence-corrected chi connectivity index (χ2v) is 12.6. The number of nitrogens with zero attached hydrogens (tertiary/aromatic N) is 1. The topological polar surface area (TPSA) is 126 Å². The van der Waals surface area contributed by atoms with Crippen molar-refractivity contribution >= 4 is 49.8 Å². The number of benzene rings is 2. The van der Waals surface area contributed by atoms with E-state index in [0.717, 1.165) is 24.6 Å². The highest BCUT2D eigenvalue weighted by Crippen LogP contribution is 2.34. The van der Waals surface area contributed by atoms with Crippen LogP contribution in [0.4, 0.5) is 11.4 Å². The molecule has 2 heterocycles. The molecule has 10 heteroatoms. The van der Waals surface area contributed by atoms with Gasteiger partial charge in [0.15, 0.2) is 21.4 Å². The summed E-state index contributed by atoms with van der Waals surface area (Å²) in [6.07, 6.45) is 4.56. The van der Waals surface area contributed by atoms with Gasteiger partial charge in [-0.15, -0.1) is 0 Å². The predicted molar refractivity (Wildman–Crippen MR) is 149 cm³/mol. The Labute approximate surface area is 227 Å². The van der Waals surface area contributed by atoms with E-state index < -0.39 is 27.2 Å². The molecule has 2 fully saturated rings. The number of sulfone groups is 1. The molecular formula is C29H33N3O6S. The molecule has 0 unspecified atom stereocenters. The fraction of sp³-hybridized carbons (Fsp3) is 0.414. The quantitative estimate of drug-likeness (QED) is 0.444. The first-order chi connectivity index (χ1) is 18.7. The van der Waals surface area contributed by atoms with E-state index in [0.29, 0.717) is 49.2 Å². The van der Waals surface area contributed by atoms with Crippen LogP contribution in [0.5, 0.6) is 0 Å². The number of piperidine rings is 1. The van der Waals surface area contributed by atoms with Gasteiger partial charge in [0.05, 0.1) is 22.9 Å². The molecule has 0 radical (unpaired) electrons. The van der Waals surface area contributed by atoms with Gasteiger partial charge in [-0.2, -0.15) is 0 Å². The molecule has 2 amide bonds. The molecule has 206 valence electrons. The van der Waals surface area contributed by atoms with Gasteiger partial charge in [0.1, 0.15) is 11.1 Å². The molecule has 0 spiro atoms. The molecule has 0 bridgehead atoms. The molecule has 2 N–H and O–H groups in total. The zero-order valence-electron chi connectivity index (χ0n) is 22.0. The highest BCUT2D eigenvalue weighted by molar-refractivity contribution is 7.91. The van der Waals surface area contributed by atoms with Crippen LogP contribution in [-0.2, 0) is 19.4 Å². The first-order valence-electron chi connectivity index (χ1n) is 13.5. The largest absolute Gasteiger partial charge is 0.451 e. The van der Waals surface area contributed by atoms with E-state index in [1.165, 1.54) is 6.07 Å². The average molecular weight is 552 g/mol. The van der Waals surface area contributed by atoms with Crippen LogP contribution in [0.3, 0.4) is 0 Å². The highest BCUT2D eigenvalue weighted by atomic mass is 32.2. The van der Waals surface area contributed by atoms with Crippen molar-refractivity contribution in [3.05, 3.63) is 54.3 Å². The lowest BCUT2D eigenvalue weighted by molar-refractivity contribution is -0.123. The molecule has 2 aliphatic rings. The number of rotatable bonds is 7.